The normalized spacial score (nSPS) is 14.1. The third kappa shape index (κ3) is 4.26. The molecule has 2 heteroatoms. The zero-order chi connectivity index (χ0) is 12.2. The van der Waals surface area contributed by atoms with Crippen LogP contribution < -0.4 is 5.73 Å². The van der Waals surface area contributed by atoms with Crippen LogP contribution in [-0.2, 0) is 12.8 Å². The van der Waals surface area contributed by atoms with Crippen LogP contribution in [0.4, 0.5) is 0 Å². The summed E-state index contributed by atoms with van der Waals surface area (Å²) in [5, 5.41) is 0. The van der Waals surface area contributed by atoms with Gasteiger partial charge in [-0.15, -0.1) is 11.3 Å². The highest BCUT2D eigenvalue weighted by Crippen LogP contribution is 2.23. The lowest BCUT2D eigenvalue weighted by Crippen LogP contribution is -2.34. The number of hydrogen-bond donors (Lipinski definition) is 1. The van der Waals surface area contributed by atoms with Crippen LogP contribution in [0.5, 0.6) is 0 Å². The van der Waals surface area contributed by atoms with Gasteiger partial charge in [-0.3, -0.25) is 0 Å². The maximum Gasteiger partial charge on any atom is 0.00877 e. The summed E-state index contributed by atoms with van der Waals surface area (Å²) in [5.41, 5.74) is 6.39. The average Bonchev–Trinajstić information content (AvgIpc) is 2.64. The van der Waals surface area contributed by atoms with Gasteiger partial charge in [-0.2, -0.15) is 0 Å². The predicted octanol–water partition coefficient (Wildman–Crippen LogP) is 4.01. The van der Waals surface area contributed by atoms with Crippen molar-refractivity contribution in [1.29, 1.82) is 0 Å². The highest BCUT2D eigenvalue weighted by molar-refractivity contribution is 7.11. The molecule has 16 heavy (non-hydrogen) atoms. The van der Waals surface area contributed by atoms with Gasteiger partial charge >= 0.3 is 0 Å². The van der Waals surface area contributed by atoms with E-state index >= 15 is 0 Å². The second kappa shape index (κ2) is 5.83. The van der Waals surface area contributed by atoms with Gasteiger partial charge in [0.25, 0.3) is 0 Å². The molecule has 0 saturated carbocycles. The summed E-state index contributed by atoms with van der Waals surface area (Å²) in [6, 6.07) is 4.84. The molecule has 1 aromatic heterocycles. The molecule has 0 aromatic carbocycles. The molecular formula is C14H25NS. The molecule has 0 aliphatic rings. The molecule has 1 heterocycles. The van der Waals surface area contributed by atoms with Crippen LogP contribution in [0.25, 0.3) is 0 Å². The van der Waals surface area contributed by atoms with Crippen molar-refractivity contribution in [3.8, 4) is 0 Å². The van der Waals surface area contributed by atoms with Crippen molar-refractivity contribution in [1.82, 2.24) is 0 Å². The zero-order valence-corrected chi connectivity index (χ0v) is 11.9. The van der Waals surface area contributed by atoms with Gasteiger partial charge in [0.1, 0.15) is 0 Å². The maximum atomic E-state index is 6.15. The molecule has 0 fully saturated rings. The lowest BCUT2D eigenvalue weighted by molar-refractivity contribution is 0.301. The topological polar surface area (TPSA) is 26.0 Å². The zero-order valence-electron chi connectivity index (χ0n) is 11.0. The summed E-state index contributed by atoms with van der Waals surface area (Å²) >= 11 is 1.95. The van der Waals surface area contributed by atoms with E-state index < -0.39 is 0 Å². The van der Waals surface area contributed by atoms with Crippen LogP contribution in [-0.4, -0.2) is 6.04 Å². The Kier molecular flexibility index (Phi) is 5.00. The summed E-state index contributed by atoms with van der Waals surface area (Å²) in [5.74, 6) is 0. The van der Waals surface area contributed by atoms with E-state index in [4.69, 9.17) is 5.73 Å². The van der Waals surface area contributed by atoms with Crippen molar-refractivity contribution in [3.63, 3.8) is 0 Å². The first kappa shape index (κ1) is 13.7. The van der Waals surface area contributed by atoms with E-state index in [1.807, 2.05) is 11.3 Å². The second-order valence-corrected chi connectivity index (χ2v) is 6.84. The molecule has 1 unspecified atom stereocenters. The Morgan fingerprint density at radius 1 is 1.25 bits per heavy atom. The number of nitrogens with two attached hydrogens (primary N) is 1. The minimum absolute atomic E-state index is 0.240. The van der Waals surface area contributed by atoms with Crippen molar-refractivity contribution >= 4 is 11.3 Å². The Morgan fingerprint density at radius 3 is 2.38 bits per heavy atom. The van der Waals surface area contributed by atoms with Gasteiger partial charge in [0.2, 0.25) is 0 Å². The fraction of sp³-hybridized carbons (Fsp3) is 0.714. The van der Waals surface area contributed by atoms with Crippen LogP contribution >= 0.6 is 11.3 Å². The van der Waals surface area contributed by atoms with Gasteiger partial charge in [0.05, 0.1) is 0 Å². The summed E-state index contributed by atoms with van der Waals surface area (Å²) in [7, 11) is 0. The summed E-state index contributed by atoms with van der Waals surface area (Å²) in [4.78, 5) is 3.01. The molecule has 0 aliphatic heterocycles. The molecule has 0 saturated heterocycles. The number of hydrogen-bond acceptors (Lipinski definition) is 2. The molecule has 0 radical (unpaired) electrons. The van der Waals surface area contributed by atoms with E-state index in [0.29, 0.717) is 6.04 Å². The molecule has 1 aromatic rings. The third-order valence-corrected chi connectivity index (χ3v) is 4.41. The van der Waals surface area contributed by atoms with Gasteiger partial charge in [0.15, 0.2) is 0 Å². The average molecular weight is 239 g/mol. The quantitative estimate of drug-likeness (QED) is 0.825. The first-order chi connectivity index (χ1) is 7.43. The highest BCUT2D eigenvalue weighted by Gasteiger charge is 2.19. The van der Waals surface area contributed by atoms with Crippen molar-refractivity contribution < 1.29 is 0 Å². The van der Waals surface area contributed by atoms with Crippen LogP contribution in [0, 0.1) is 5.41 Å². The molecule has 0 bridgehead atoms. The molecule has 1 rings (SSSR count). The molecule has 92 valence electrons. The second-order valence-electron chi connectivity index (χ2n) is 5.59. The predicted molar refractivity (Wildman–Crippen MR) is 74.1 cm³/mol. The van der Waals surface area contributed by atoms with Gasteiger partial charge in [0, 0.05) is 15.8 Å². The number of rotatable bonds is 5. The largest absolute Gasteiger partial charge is 0.327 e. The van der Waals surface area contributed by atoms with Crippen LogP contribution in [0.15, 0.2) is 12.1 Å². The molecule has 1 nitrogen and oxygen atoms in total. The van der Waals surface area contributed by atoms with Crippen molar-refractivity contribution in [3.05, 3.63) is 21.9 Å². The van der Waals surface area contributed by atoms with Gasteiger partial charge in [-0.1, -0.05) is 27.7 Å². The highest BCUT2D eigenvalue weighted by atomic mass is 32.1. The van der Waals surface area contributed by atoms with E-state index in [2.05, 4.69) is 39.8 Å². The maximum absolute atomic E-state index is 6.15. The lowest BCUT2D eigenvalue weighted by Gasteiger charge is -2.26. The fourth-order valence-corrected chi connectivity index (χ4v) is 2.68. The lowest BCUT2D eigenvalue weighted by atomic mass is 9.84. The first-order valence-electron chi connectivity index (χ1n) is 6.26. The van der Waals surface area contributed by atoms with E-state index in [9.17, 15) is 0 Å². The molecule has 0 spiro atoms. The van der Waals surface area contributed by atoms with Crippen LogP contribution in [0.1, 0.15) is 50.3 Å². The summed E-state index contributed by atoms with van der Waals surface area (Å²) in [6.07, 6.45) is 4.69. The molecule has 1 atom stereocenters. The fourth-order valence-electron chi connectivity index (χ4n) is 1.68. The Labute approximate surface area is 104 Å². The first-order valence-corrected chi connectivity index (χ1v) is 7.08. The number of thiophene rings is 1. The Hall–Kier alpha value is -0.340. The molecule has 0 aliphatic carbocycles. The Morgan fingerprint density at radius 2 is 1.88 bits per heavy atom. The monoisotopic (exact) mass is 239 g/mol. The molecule has 2 N–H and O–H groups in total. The minimum Gasteiger partial charge on any atom is -0.327 e. The smallest absolute Gasteiger partial charge is 0.00877 e. The van der Waals surface area contributed by atoms with Crippen molar-refractivity contribution in [2.24, 2.45) is 11.1 Å². The Bertz CT molecular complexity index is 309. The van der Waals surface area contributed by atoms with Gasteiger partial charge < -0.3 is 5.73 Å². The van der Waals surface area contributed by atoms with Gasteiger partial charge in [-0.05, 0) is 43.2 Å². The van der Waals surface area contributed by atoms with Crippen molar-refractivity contribution in [2.45, 2.75) is 59.4 Å². The SMILES string of the molecule is CCc1ccc(CCCC(N)C(C)(C)C)s1. The van der Waals surface area contributed by atoms with Crippen LogP contribution in [0.3, 0.4) is 0 Å². The van der Waals surface area contributed by atoms with E-state index in [1.165, 1.54) is 22.6 Å². The van der Waals surface area contributed by atoms with E-state index in [-0.39, 0.29) is 5.41 Å². The van der Waals surface area contributed by atoms with E-state index in [1.54, 1.807) is 0 Å². The molecule has 0 amide bonds. The number of aryl methyl sites for hydroxylation is 2. The summed E-state index contributed by atoms with van der Waals surface area (Å²) < 4.78 is 0. The van der Waals surface area contributed by atoms with E-state index in [0.717, 1.165) is 12.8 Å². The standard InChI is InChI=1S/C14H25NS/c1-5-11-9-10-12(16-11)7-6-8-13(15)14(2,3)4/h9-10,13H,5-8,15H2,1-4H3. The minimum atomic E-state index is 0.240. The summed E-state index contributed by atoms with van der Waals surface area (Å²) in [6.45, 7) is 8.87. The van der Waals surface area contributed by atoms with Crippen molar-refractivity contribution in [2.75, 3.05) is 0 Å². The molecular weight excluding hydrogens is 214 g/mol. The third-order valence-electron chi connectivity index (χ3n) is 3.12. The van der Waals surface area contributed by atoms with Gasteiger partial charge in [-0.25, -0.2) is 0 Å². The van der Waals surface area contributed by atoms with Crippen LogP contribution in [0.2, 0.25) is 0 Å². The Balaban J connectivity index is 2.30.